The number of halogens is 1. The van der Waals surface area contributed by atoms with E-state index in [1.165, 1.54) is 42.5 Å². The van der Waals surface area contributed by atoms with E-state index in [-0.39, 0.29) is 4.90 Å². The Balaban J connectivity index is 1.68. The third-order valence-corrected chi connectivity index (χ3v) is 5.67. The highest BCUT2D eigenvalue weighted by Gasteiger charge is 2.15. The molecule has 2 N–H and O–H groups in total. The number of amides is 1. The first-order chi connectivity index (χ1) is 14.3. The zero-order valence-electron chi connectivity index (χ0n) is 16.5. The molecule has 0 bridgehead atoms. The molecule has 0 aliphatic carbocycles. The van der Waals surface area contributed by atoms with Crippen molar-refractivity contribution in [3.63, 3.8) is 0 Å². The Bertz CT molecular complexity index is 1140. The van der Waals surface area contributed by atoms with Crippen LogP contribution in [0.3, 0.4) is 0 Å². The molecule has 0 heterocycles. The summed E-state index contributed by atoms with van der Waals surface area (Å²) < 4.78 is 46.4. The summed E-state index contributed by atoms with van der Waals surface area (Å²) in [6.07, 6.45) is 0. The van der Waals surface area contributed by atoms with Crippen LogP contribution in [0.4, 0.5) is 15.8 Å². The molecule has 3 aromatic carbocycles. The average Bonchev–Trinajstić information content (AvgIpc) is 2.72. The summed E-state index contributed by atoms with van der Waals surface area (Å²) in [6, 6.07) is 16.4. The predicted octanol–water partition coefficient (Wildman–Crippen LogP) is 4.59. The van der Waals surface area contributed by atoms with Crippen molar-refractivity contribution in [2.75, 3.05) is 16.6 Å². The molecule has 30 heavy (non-hydrogen) atoms. The first-order valence-corrected chi connectivity index (χ1v) is 10.7. The van der Waals surface area contributed by atoms with E-state index in [4.69, 9.17) is 4.74 Å². The molecule has 0 radical (unpaired) electrons. The maximum Gasteiger partial charge on any atom is 0.261 e. The fourth-order valence-corrected chi connectivity index (χ4v) is 3.72. The topological polar surface area (TPSA) is 84.5 Å². The lowest BCUT2D eigenvalue weighted by Crippen LogP contribution is -2.14. The molecular weight excluding hydrogens is 407 g/mol. The van der Waals surface area contributed by atoms with Gasteiger partial charge in [-0.2, -0.15) is 0 Å². The minimum absolute atomic E-state index is 0.0918. The summed E-state index contributed by atoms with van der Waals surface area (Å²) in [5.41, 5.74) is 1.43. The predicted molar refractivity (Wildman–Crippen MR) is 114 cm³/mol. The summed E-state index contributed by atoms with van der Waals surface area (Å²) >= 11 is 0. The number of rotatable bonds is 7. The monoisotopic (exact) mass is 428 g/mol. The van der Waals surface area contributed by atoms with Gasteiger partial charge in [-0.05, 0) is 80.1 Å². The number of ether oxygens (including phenoxy) is 1. The smallest absolute Gasteiger partial charge is 0.261 e. The number of aryl methyl sites for hydroxylation is 1. The van der Waals surface area contributed by atoms with Gasteiger partial charge in [0.1, 0.15) is 11.6 Å². The molecule has 0 aromatic heterocycles. The summed E-state index contributed by atoms with van der Waals surface area (Å²) in [7, 11) is -3.78. The van der Waals surface area contributed by atoms with Gasteiger partial charge in [-0.3, -0.25) is 9.52 Å². The standard InChI is InChI=1S/C22H21FN2O4S/c1-3-29-19-10-12-20(13-11-19)30(27,28)25-17-8-5-16(6-9-17)22(26)24-18-7-4-15(2)21(23)14-18/h4-14,25H,3H2,1-2H3,(H,24,26). The van der Waals surface area contributed by atoms with Crippen LogP contribution in [0.15, 0.2) is 71.6 Å². The third-order valence-electron chi connectivity index (χ3n) is 4.27. The Labute approximate surface area is 174 Å². The van der Waals surface area contributed by atoms with Crippen molar-refractivity contribution < 1.29 is 22.3 Å². The molecule has 0 atom stereocenters. The number of anilines is 2. The molecule has 0 saturated heterocycles. The quantitative estimate of drug-likeness (QED) is 0.577. The Kier molecular flexibility index (Phi) is 6.37. The van der Waals surface area contributed by atoms with Crippen molar-refractivity contribution in [1.82, 2.24) is 0 Å². The summed E-state index contributed by atoms with van der Waals surface area (Å²) in [6.45, 7) is 3.96. The highest BCUT2D eigenvalue weighted by Crippen LogP contribution is 2.20. The molecule has 0 fully saturated rings. The van der Waals surface area contributed by atoms with E-state index in [0.717, 1.165) is 0 Å². The Hall–Kier alpha value is -3.39. The van der Waals surface area contributed by atoms with Gasteiger partial charge < -0.3 is 10.1 Å². The second-order valence-corrected chi connectivity index (χ2v) is 8.19. The van der Waals surface area contributed by atoms with Crippen LogP contribution in [0.25, 0.3) is 0 Å². The van der Waals surface area contributed by atoms with Crippen molar-refractivity contribution in [3.05, 3.63) is 83.7 Å². The number of benzene rings is 3. The Morgan fingerprint density at radius 3 is 2.20 bits per heavy atom. The van der Waals surface area contributed by atoms with E-state index < -0.39 is 21.7 Å². The zero-order valence-corrected chi connectivity index (χ0v) is 17.3. The first kappa shape index (κ1) is 21.3. The molecule has 3 aromatic rings. The van der Waals surface area contributed by atoms with Crippen molar-refractivity contribution in [2.45, 2.75) is 18.7 Å². The summed E-state index contributed by atoms with van der Waals surface area (Å²) in [5, 5.41) is 2.61. The molecule has 0 aliphatic rings. The lowest BCUT2D eigenvalue weighted by atomic mass is 10.1. The molecule has 0 spiro atoms. The molecule has 0 unspecified atom stereocenters. The Morgan fingerprint density at radius 2 is 1.60 bits per heavy atom. The number of hydrogen-bond acceptors (Lipinski definition) is 4. The molecular formula is C22H21FN2O4S. The van der Waals surface area contributed by atoms with Gasteiger partial charge in [0.15, 0.2) is 0 Å². The van der Waals surface area contributed by atoms with Gasteiger partial charge in [-0.1, -0.05) is 6.07 Å². The molecule has 0 saturated carbocycles. The second kappa shape index (κ2) is 8.96. The van der Waals surface area contributed by atoms with E-state index >= 15 is 0 Å². The lowest BCUT2D eigenvalue weighted by molar-refractivity contribution is 0.102. The van der Waals surface area contributed by atoms with Crippen molar-refractivity contribution in [1.29, 1.82) is 0 Å². The number of carbonyl (C=O) groups excluding carboxylic acids is 1. The number of nitrogens with one attached hydrogen (secondary N) is 2. The van der Waals surface area contributed by atoms with Crippen molar-refractivity contribution in [3.8, 4) is 5.75 Å². The van der Waals surface area contributed by atoms with Crippen molar-refractivity contribution in [2.24, 2.45) is 0 Å². The molecule has 3 rings (SSSR count). The largest absolute Gasteiger partial charge is 0.494 e. The number of carbonyl (C=O) groups is 1. The molecule has 6 nitrogen and oxygen atoms in total. The van der Waals surface area contributed by atoms with Gasteiger partial charge >= 0.3 is 0 Å². The van der Waals surface area contributed by atoms with Gasteiger partial charge in [0.05, 0.1) is 11.5 Å². The van der Waals surface area contributed by atoms with Gasteiger partial charge in [-0.15, -0.1) is 0 Å². The van der Waals surface area contributed by atoms with E-state index in [9.17, 15) is 17.6 Å². The maximum absolute atomic E-state index is 13.6. The fourth-order valence-electron chi connectivity index (χ4n) is 2.66. The average molecular weight is 428 g/mol. The molecule has 8 heteroatoms. The van der Waals surface area contributed by atoms with E-state index in [1.54, 1.807) is 31.2 Å². The van der Waals surface area contributed by atoms with Crippen molar-refractivity contribution >= 4 is 27.3 Å². The third kappa shape index (κ3) is 5.15. The van der Waals surface area contributed by atoms with Crippen LogP contribution in [0, 0.1) is 12.7 Å². The molecule has 0 aliphatic heterocycles. The van der Waals surface area contributed by atoms with E-state index in [1.807, 2.05) is 6.92 Å². The highest BCUT2D eigenvalue weighted by molar-refractivity contribution is 7.92. The Morgan fingerprint density at radius 1 is 0.967 bits per heavy atom. The summed E-state index contributed by atoms with van der Waals surface area (Å²) in [5.74, 6) is -0.258. The minimum Gasteiger partial charge on any atom is -0.494 e. The second-order valence-electron chi connectivity index (χ2n) is 6.51. The fraction of sp³-hybridized carbons (Fsp3) is 0.136. The van der Waals surface area contributed by atoms with Gasteiger partial charge in [-0.25, -0.2) is 12.8 Å². The SMILES string of the molecule is CCOc1ccc(S(=O)(=O)Nc2ccc(C(=O)Nc3ccc(C)c(F)c3)cc2)cc1. The van der Waals surface area contributed by atoms with Crippen LogP contribution in [0.2, 0.25) is 0 Å². The van der Waals surface area contributed by atoms with Crippen LogP contribution in [0.5, 0.6) is 5.75 Å². The zero-order chi connectivity index (χ0) is 21.7. The first-order valence-electron chi connectivity index (χ1n) is 9.22. The van der Waals surface area contributed by atoms with Crippen LogP contribution in [-0.4, -0.2) is 20.9 Å². The van der Waals surface area contributed by atoms with Gasteiger partial charge in [0.25, 0.3) is 15.9 Å². The molecule has 156 valence electrons. The van der Waals surface area contributed by atoms with E-state index in [2.05, 4.69) is 10.0 Å². The summed E-state index contributed by atoms with van der Waals surface area (Å²) in [4.78, 5) is 12.4. The van der Waals surface area contributed by atoms with Gasteiger partial charge in [0, 0.05) is 16.9 Å². The minimum atomic E-state index is -3.78. The lowest BCUT2D eigenvalue weighted by Gasteiger charge is -2.10. The van der Waals surface area contributed by atoms with Crippen LogP contribution >= 0.6 is 0 Å². The number of sulfonamides is 1. The van der Waals surface area contributed by atoms with Crippen LogP contribution in [-0.2, 0) is 10.0 Å². The van der Waals surface area contributed by atoms with Crippen LogP contribution in [0.1, 0.15) is 22.8 Å². The molecule has 1 amide bonds. The van der Waals surface area contributed by atoms with Crippen LogP contribution < -0.4 is 14.8 Å². The maximum atomic E-state index is 13.6. The normalized spacial score (nSPS) is 11.0. The van der Waals surface area contributed by atoms with E-state index in [0.29, 0.717) is 34.9 Å². The number of hydrogen-bond donors (Lipinski definition) is 2. The highest BCUT2D eigenvalue weighted by atomic mass is 32.2. The van der Waals surface area contributed by atoms with Gasteiger partial charge in [0.2, 0.25) is 0 Å².